The second-order valence-corrected chi connectivity index (χ2v) is 5.74. The Morgan fingerprint density at radius 2 is 1.86 bits per heavy atom. The molecule has 0 saturated heterocycles. The smallest absolute Gasteiger partial charge is 0.118 e. The van der Waals surface area contributed by atoms with Gasteiger partial charge in [0, 0.05) is 31.4 Å². The van der Waals surface area contributed by atoms with E-state index in [1.54, 1.807) is 7.11 Å². The average Bonchev–Trinajstić information content (AvgIpc) is 2.86. The Labute approximate surface area is 127 Å². The summed E-state index contributed by atoms with van der Waals surface area (Å²) in [5, 5.41) is 8.11. The van der Waals surface area contributed by atoms with Crippen molar-refractivity contribution in [1.82, 2.24) is 15.1 Å². The third-order valence-corrected chi connectivity index (χ3v) is 3.70. The number of nitrogens with one attached hydrogen (secondary N) is 1. The highest BCUT2D eigenvalue weighted by molar-refractivity contribution is 5.29. The molecule has 1 atom stereocenters. The molecule has 0 bridgehead atoms. The van der Waals surface area contributed by atoms with Gasteiger partial charge >= 0.3 is 0 Å². The Morgan fingerprint density at radius 1 is 1.19 bits per heavy atom. The zero-order valence-electron chi connectivity index (χ0n) is 13.6. The first-order valence-corrected chi connectivity index (χ1v) is 7.41. The molecule has 0 aliphatic carbocycles. The molecule has 0 unspecified atom stereocenters. The standard InChI is InChI=1S/C17H25N3O/c1-12(2)17-15(11-20(4)19-17)10-18-13(3)14-6-8-16(21-5)9-7-14/h6-9,11-13,18H,10H2,1-5H3/t13-/m0/s1. The molecule has 1 heterocycles. The molecule has 4 heteroatoms. The van der Waals surface area contributed by atoms with E-state index in [2.05, 4.69) is 49.5 Å². The highest BCUT2D eigenvalue weighted by atomic mass is 16.5. The minimum Gasteiger partial charge on any atom is -0.497 e. The van der Waals surface area contributed by atoms with Gasteiger partial charge < -0.3 is 10.1 Å². The lowest BCUT2D eigenvalue weighted by molar-refractivity contribution is 0.414. The Morgan fingerprint density at radius 3 is 2.43 bits per heavy atom. The molecule has 21 heavy (non-hydrogen) atoms. The van der Waals surface area contributed by atoms with Gasteiger partial charge in [-0.1, -0.05) is 26.0 Å². The fourth-order valence-electron chi connectivity index (χ4n) is 2.45. The Balaban J connectivity index is 2.01. The van der Waals surface area contributed by atoms with Crippen molar-refractivity contribution in [3.8, 4) is 5.75 Å². The molecule has 0 saturated carbocycles. The van der Waals surface area contributed by atoms with E-state index in [-0.39, 0.29) is 6.04 Å². The van der Waals surface area contributed by atoms with Crippen LogP contribution in [-0.2, 0) is 13.6 Å². The van der Waals surface area contributed by atoms with Crippen molar-refractivity contribution in [2.75, 3.05) is 7.11 Å². The third-order valence-electron chi connectivity index (χ3n) is 3.70. The van der Waals surface area contributed by atoms with Gasteiger partial charge in [-0.25, -0.2) is 0 Å². The van der Waals surface area contributed by atoms with E-state index in [0.717, 1.165) is 12.3 Å². The topological polar surface area (TPSA) is 39.1 Å². The van der Waals surface area contributed by atoms with Gasteiger partial charge in [-0.15, -0.1) is 0 Å². The number of benzene rings is 1. The first-order valence-electron chi connectivity index (χ1n) is 7.41. The lowest BCUT2D eigenvalue weighted by Gasteiger charge is -2.15. The summed E-state index contributed by atoms with van der Waals surface area (Å²) in [5.41, 5.74) is 3.70. The van der Waals surface area contributed by atoms with Crippen LogP contribution in [0.1, 0.15) is 49.6 Å². The molecule has 1 aromatic heterocycles. The summed E-state index contributed by atoms with van der Waals surface area (Å²) in [5.74, 6) is 1.33. The molecule has 0 radical (unpaired) electrons. The van der Waals surface area contributed by atoms with Crippen LogP contribution in [0.25, 0.3) is 0 Å². The molecule has 2 rings (SSSR count). The van der Waals surface area contributed by atoms with Gasteiger partial charge in [-0.2, -0.15) is 5.10 Å². The molecule has 0 fully saturated rings. The monoisotopic (exact) mass is 287 g/mol. The lowest BCUT2D eigenvalue weighted by Crippen LogP contribution is -2.18. The number of methoxy groups -OCH3 is 1. The summed E-state index contributed by atoms with van der Waals surface area (Å²) in [6.45, 7) is 7.36. The van der Waals surface area contributed by atoms with Crippen LogP contribution in [0.3, 0.4) is 0 Å². The van der Waals surface area contributed by atoms with Crippen LogP contribution in [0.4, 0.5) is 0 Å². The van der Waals surface area contributed by atoms with Crippen molar-refractivity contribution < 1.29 is 4.74 Å². The van der Waals surface area contributed by atoms with Gasteiger partial charge in [0.15, 0.2) is 0 Å². The van der Waals surface area contributed by atoms with Crippen molar-refractivity contribution in [2.45, 2.75) is 39.3 Å². The van der Waals surface area contributed by atoms with Gasteiger partial charge in [-0.05, 0) is 30.5 Å². The van der Waals surface area contributed by atoms with E-state index >= 15 is 0 Å². The molecule has 114 valence electrons. The van der Waals surface area contributed by atoms with Crippen LogP contribution in [0, 0.1) is 0 Å². The summed E-state index contributed by atoms with van der Waals surface area (Å²) >= 11 is 0. The number of aromatic nitrogens is 2. The van der Waals surface area contributed by atoms with E-state index in [9.17, 15) is 0 Å². The predicted molar refractivity (Wildman–Crippen MR) is 85.5 cm³/mol. The van der Waals surface area contributed by atoms with E-state index < -0.39 is 0 Å². The molecule has 2 aromatic rings. The van der Waals surface area contributed by atoms with Gasteiger partial charge in [0.25, 0.3) is 0 Å². The van der Waals surface area contributed by atoms with Crippen LogP contribution < -0.4 is 10.1 Å². The minimum atomic E-state index is 0.288. The number of hydrogen-bond acceptors (Lipinski definition) is 3. The number of aryl methyl sites for hydroxylation is 1. The normalized spacial score (nSPS) is 12.7. The van der Waals surface area contributed by atoms with Crippen molar-refractivity contribution in [1.29, 1.82) is 0 Å². The minimum absolute atomic E-state index is 0.288. The molecule has 4 nitrogen and oxygen atoms in total. The number of nitrogens with zero attached hydrogens (tertiary/aromatic N) is 2. The van der Waals surface area contributed by atoms with Gasteiger partial charge in [0.05, 0.1) is 12.8 Å². The third kappa shape index (κ3) is 3.85. The molecule has 0 spiro atoms. The first kappa shape index (κ1) is 15.6. The Bertz CT molecular complexity index is 572. The maximum atomic E-state index is 5.19. The molecular weight excluding hydrogens is 262 g/mol. The zero-order chi connectivity index (χ0) is 15.4. The molecule has 1 N–H and O–H groups in total. The fraction of sp³-hybridized carbons (Fsp3) is 0.471. The van der Waals surface area contributed by atoms with Crippen LogP contribution in [0.15, 0.2) is 30.5 Å². The SMILES string of the molecule is COc1ccc([C@H](C)NCc2cn(C)nc2C(C)C)cc1. The predicted octanol–water partition coefficient (Wildman–Crippen LogP) is 3.40. The summed E-state index contributed by atoms with van der Waals surface area (Å²) in [4.78, 5) is 0. The summed E-state index contributed by atoms with van der Waals surface area (Å²) < 4.78 is 7.08. The van der Waals surface area contributed by atoms with E-state index in [4.69, 9.17) is 4.74 Å². The van der Waals surface area contributed by atoms with Crippen molar-refractivity contribution >= 4 is 0 Å². The van der Waals surface area contributed by atoms with Crippen molar-refractivity contribution in [3.63, 3.8) is 0 Å². The van der Waals surface area contributed by atoms with Gasteiger partial charge in [-0.3, -0.25) is 4.68 Å². The van der Waals surface area contributed by atoms with Crippen LogP contribution in [0.2, 0.25) is 0 Å². The first-order chi connectivity index (χ1) is 10.0. The Kier molecular flexibility index (Phi) is 5.02. The van der Waals surface area contributed by atoms with E-state index in [1.165, 1.54) is 16.8 Å². The largest absolute Gasteiger partial charge is 0.497 e. The molecular formula is C17H25N3O. The van der Waals surface area contributed by atoms with Crippen LogP contribution in [-0.4, -0.2) is 16.9 Å². The molecule has 0 amide bonds. The number of ether oxygens (including phenoxy) is 1. The molecule has 0 aliphatic heterocycles. The Hall–Kier alpha value is -1.81. The summed E-state index contributed by atoms with van der Waals surface area (Å²) in [6, 6.07) is 8.48. The highest BCUT2D eigenvalue weighted by Gasteiger charge is 2.12. The van der Waals surface area contributed by atoms with E-state index in [1.807, 2.05) is 23.9 Å². The number of hydrogen-bond donors (Lipinski definition) is 1. The quantitative estimate of drug-likeness (QED) is 0.885. The maximum absolute atomic E-state index is 5.19. The summed E-state index contributed by atoms with van der Waals surface area (Å²) in [6.07, 6.45) is 2.10. The van der Waals surface area contributed by atoms with E-state index in [0.29, 0.717) is 5.92 Å². The van der Waals surface area contributed by atoms with Gasteiger partial charge in [0.2, 0.25) is 0 Å². The van der Waals surface area contributed by atoms with Crippen LogP contribution >= 0.6 is 0 Å². The summed E-state index contributed by atoms with van der Waals surface area (Å²) in [7, 11) is 3.66. The zero-order valence-corrected chi connectivity index (χ0v) is 13.6. The number of rotatable bonds is 6. The maximum Gasteiger partial charge on any atom is 0.118 e. The van der Waals surface area contributed by atoms with Crippen molar-refractivity contribution in [3.05, 3.63) is 47.3 Å². The second kappa shape index (κ2) is 6.76. The lowest BCUT2D eigenvalue weighted by atomic mass is 10.0. The van der Waals surface area contributed by atoms with Crippen LogP contribution in [0.5, 0.6) is 5.75 Å². The van der Waals surface area contributed by atoms with Crippen molar-refractivity contribution in [2.24, 2.45) is 7.05 Å². The second-order valence-electron chi connectivity index (χ2n) is 5.74. The molecule has 1 aromatic carbocycles. The molecule has 0 aliphatic rings. The van der Waals surface area contributed by atoms with Gasteiger partial charge in [0.1, 0.15) is 5.75 Å². The highest BCUT2D eigenvalue weighted by Crippen LogP contribution is 2.20. The average molecular weight is 287 g/mol. The fourth-order valence-corrected chi connectivity index (χ4v) is 2.45.